The molecule has 4 rings (SSSR count). The molecular formula is C21H22N2O3. The Bertz CT molecular complexity index is 947. The van der Waals surface area contributed by atoms with Crippen molar-refractivity contribution in [3.63, 3.8) is 0 Å². The Morgan fingerprint density at radius 2 is 2.00 bits per heavy atom. The summed E-state index contributed by atoms with van der Waals surface area (Å²) in [6, 6.07) is 14.2. The lowest BCUT2D eigenvalue weighted by molar-refractivity contribution is -0.0229. The number of hydrogen-bond donors (Lipinski definition) is 1. The molecule has 134 valence electrons. The molecule has 0 unspecified atom stereocenters. The Labute approximate surface area is 152 Å². The number of rotatable bonds is 3. The number of morpholine rings is 1. The quantitative estimate of drug-likeness (QED) is 0.784. The highest BCUT2D eigenvalue weighted by molar-refractivity contribution is 5.92. The lowest BCUT2D eigenvalue weighted by atomic mass is 10.0. The standard InChI is InChI=1S/C21H22N2O3/c1-14-9-19(22-12-14)21(24)23-7-8-26-20(13-23)17-4-3-16-11-18(25-2)6-5-15(16)10-17/h3-6,9-12,20,22H,7-8,13H2,1-2H3/t20-/m1/s1. The molecule has 3 aromatic rings. The van der Waals surface area contributed by atoms with Gasteiger partial charge in [-0.05, 0) is 53.1 Å². The predicted molar refractivity (Wildman–Crippen MR) is 101 cm³/mol. The number of H-pyrrole nitrogens is 1. The smallest absolute Gasteiger partial charge is 0.270 e. The van der Waals surface area contributed by atoms with E-state index < -0.39 is 0 Å². The molecule has 2 heterocycles. The highest BCUT2D eigenvalue weighted by Gasteiger charge is 2.26. The fourth-order valence-corrected chi connectivity index (χ4v) is 3.40. The first kappa shape index (κ1) is 16.7. The van der Waals surface area contributed by atoms with E-state index in [9.17, 15) is 4.79 Å². The lowest BCUT2D eigenvalue weighted by Crippen LogP contribution is -2.42. The topological polar surface area (TPSA) is 54.6 Å². The summed E-state index contributed by atoms with van der Waals surface area (Å²) in [5.74, 6) is 0.870. The molecule has 1 fully saturated rings. The van der Waals surface area contributed by atoms with Crippen molar-refractivity contribution in [2.24, 2.45) is 0 Å². The Kier molecular flexibility index (Phi) is 4.39. The second-order valence-corrected chi connectivity index (χ2v) is 6.67. The maximum atomic E-state index is 12.7. The molecule has 0 bridgehead atoms. The first-order chi connectivity index (χ1) is 12.6. The minimum atomic E-state index is -0.115. The van der Waals surface area contributed by atoms with Crippen molar-refractivity contribution >= 4 is 16.7 Å². The van der Waals surface area contributed by atoms with Crippen molar-refractivity contribution in [3.05, 3.63) is 65.5 Å². The lowest BCUT2D eigenvalue weighted by Gasteiger charge is -2.33. The van der Waals surface area contributed by atoms with E-state index in [2.05, 4.69) is 23.2 Å². The highest BCUT2D eigenvalue weighted by Crippen LogP contribution is 2.28. The summed E-state index contributed by atoms with van der Waals surface area (Å²) in [7, 11) is 1.67. The van der Waals surface area contributed by atoms with Crippen LogP contribution in [0.5, 0.6) is 5.75 Å². The van der Waals surface area contributed by atoms with Crippen LogP contribution in [0.2, 0.25) is 0 Å². The first-order valence-electron chi connectivity index (χ1n) is 8.77. The molecule has 0 spiro atoms. The molecule has 1 aromatic heterocycles. The van der Waals surface area contributed by atoms with Crippen LogP contribution in [0.15, 0.2) is 48.7 Å². The molecule has 1 saturated heterocycles. The van der Waals surface area contributed by atoms with Gasteiger partial charge in [0, 0.05) is 12.7 Å². The average molecular weight is 350 g/mol. The number of methoxy groups -OCH3 is 1. The molecule has 5 nitrogen and oxygen atoms in total. The van der Waals surface area contributed by atoms with Crippen LogP contribution in [0.1, 0.15) is 27.7 Å². The number of amides is 1. The zero-order valence-electron chi connectivity index (χ0n) is 15.0. The number of benzene rings is 2. The third-order valence-electron chi connectivity index (χ3n) is 4.85. The first-order valence-corrected chi connectivity index (χ1v) is 8.77. The molecule has 1 aliphatic rings. The van der Waals surface area contributed by atoms with E-state index in [-0.39, 0.29) is 12.0 Å². The van der Waals surface area contributed by atoms with Gasteiger partial charge in [0.05, 0.1) is 20.3 Å². The minimum Gasteiger partial charge on any atom is -0.497 e. The maximum Gasteiger partial charge on any atom is 0.270 e. The molecule has 1 atom stereocenters. The van der Waals surface area contributed by atoms with E-state index in [0.29, 0.717) is 25.4 Å². The van der Waals surface area contributed by atoms with Crippen LogP contribution in [-0.2, 0) is 4.74 Å². The molecule has 0 radical (unpaired) electrons. The summed E-state index contributed by atoms with van der Waals surface area (Å²) in [4.78, 5) is 17.6. The number of aryl methyl sites for hydroxylation is 1. The van der Waals surface area contributed by atoms with E-state index in [0.717, 1.165) is 27.6 Å². The van der Waals surface area contributed by atoms with Crippen molar-refractivity contribution in [1.82, 2.24) is 9.88 Å². The van der Waals surface area contributed by atoms with Gasteiger partial charge >= 0.3 is 0 Å². The van der Waals surface area contributed by atoms with Crippen LogP contribution in [-0.4, -0.2) is 42.6 Å². The molecular weight excluding hydrogens is 328 g/mol. The summed E-state index contributed by atoms with van der Waals surface area (Å²) in [6.07, 6.45) is 1.73. The van der Waals surface area contributed by atoms with Gasteiger partial charge in [-0.25, -0.2) is 0 Å². The fraction of sp³-hybridized carbons (Fsp3) is 0.286. The van der Waals surface area contributed by atoms with Gasteiger partial charge in [-0.15, -0.1) is 0 Å². The predicted octanol–water partition coefficient (Wildman–Crippen LogP) is 3.70. The Morgan fingerprint density at radius 3 is 2.77 bits per heavy atom. The van der Waals surface area contributed by atoms with Crippen LogP contribution in [0.4, 0.5) is 0 Å². The molecule has 1 N–H and O–H groups in total. The number of nitrogens with zero attached hydrogens (tertiary/aromatic N) is 1. The second kappa shape index (κ2) is 6.84. The average Bonchev–Trinajstić information content (AvgIpc) is 3.13. The number of fused-ring (bicyclic) bond motifs is 1. The zero-order chi connectivity index (χ0) is 18.1. The third kappa shape index (κ3) is 3.18. The van der Waals surface area contributed by atoms with E-state index in [1.807, 2.05) is 42.3 Å². The van der Waals surface area contributed by atoms with Crippen molar-refractivity contribution in [1.29, 1.82) is 0 Å². The number of aromatic amines is 1. The number of ether oxygens (including phenoxy) is 2. The normalized spacial score (nSPS) is 17.5. The van der Waals surface area contributed by atoms with Gasteiger partial charge in [0.15, 0.2) is 0 Å². The number of aromatic nitrogens is 1. The highest BCUT2D eigenvalue weighted by atomic mass is 16.5. The largest absolute Gasteiger partial charge is 0.497 e. The van der Waals surface area contributed by atoms with Crippen LogP contribution in [0.3, 0.4) is 0 Å². The van der Waals surface area contributed by atoms with Crippen molar-refractivity contribution < 1.29 is 14.3 Å². The molecule has 0 saturated carbocycles. The van der Waals surface area contributed by atoms with Gasteiger partial charge < -0.3 is 19.4 Å². The SMILES string of the molecule is COc1ccc2cc([C@H]3CN(C(=O)c4cc(C)c[nH]4)CCO3)ccc2c1. The monoisotopic (exact) mass is 350 g/mol. The van der Waals surface area contributed by atoms with E-state index in [1.54, 1.807) is 7.11 Å². The van der Waals surface area contributed by atoms with Crippen molar-refractivity contribution in [2.45, 2.75) is 13.0 Å². The molecule has 2 aromatic carbocycles. The number of carbonyl (C=O) groups is 1. The van der Waals surface area contributed by atoms with Gasteiger partial charge in [0.1, 0.15) is 17.5 Å². The Morgan fingerprint density at radius 1 is 1.19 bits per heavy atom. The van der Waals surface area contributed by atoms with Crippen LogP contribution >= 0.6 is 0 Å². The summed E-state index contributed by atoms with van der Waals surface area (Å²) in [6.45, 7) is 3.67. The molecule has 1 aliphatic heterocycles. The van der Waals surface area contributed by atoms with E-state index >= 15 is 0 Å². The van der Waals surface area contributed by atoms with Crippen molar-refractivity contribution in [3.8, 4) is 5.75 Å². The van der Waals surface area contributed by atoms with Crippen molar-refractivity contribution in [2.75, 3.05) is 26.8 Å². The number of hydrogen-bond acceptors (Lipinski definition) is 3. The third-order valence-corrected chi connectivity index (χ3v) is 4.85. The van der Waals surface area contributed by atoms with Crippen LogP contribution in [0, 0.1) is 6.92 Å². The summed E-state index contributed by atoms with van der Waals surface area (Å²) < 4.78 is 11.2. The minimum absolute atomic E-state index is 0.0249. The van der Waals surface area contributed by atoms with Gasteiger partial charge in [0.2, 0.25) is 0 Å². The summed E-state index contributed by atoms with van der Waals surface area (Å²) >= 11 is 0. The fourth-order valence-electron chi connectivity index (χ4n) is 3.40. The number of carbonyl (C=O) groups excluding carboxylic acids is 1. The van der Waals surface area contributed by atoms with Gasteiger partial charge in [-0.2, -0.15) is 0 Å². The van der Waals surface area contributed by atoms with Gasteiger partial charge in [-0.3, -0.25) is 4.79 Å². The molecule has 5 heteroatoms. The van der Waals surface area contributed by atoms with Gasteiger partial charge in [-0.1, -0.05) is 18.2 Å². The zero-order valence-corrected chi connectivity index (χ0v) is 15.0. The Balaban J connectivity index is 1.55. The molecule has 1 amide bonds. The van der Waals surface area contributed by atoms with Crippen LogP contribution < -0.4 is 4.74 Å². The van der Waals surface area contributed by atoms with Crippen LogP contribution in [0.25, 0.3) is 10.8 Å². The second-order valence-electron chi connectivity index (χ2n) is 6.67. The summed E-state index contributed by atoms with van der Waals surface area (Å²) in [5, 5.41) is 2.26. The summed E-state index contributed by atoms with van der Waals surface area (Å²) in [5.41, 5.74) is 2.78. The number of nitrogens with one attached hydrogen (secondary N) is 1. The van der Waals surface area contributed by atoms with E-state index in [4.69, 9.17) is 9.47 Å². The van der Waals surface area contributed by atoms with E-state index in [1.165, 1.54) is 0 Å². The Hall–Kier alpha value is -2.79. The molecule has 26 heavy (non-hydrogen) atoms. The maximum absolute atomic E-state index is 12.7. The molecule has 0 aliphatic carbocycles. The van der Waals surface area contributed by atoms with Gasteiger partial charge in [0.25, 0.3) is 5.91 Å².